The van der Waals surface area contributed by atoms with Crippen LogP contribution in [-0.2, 0) is 0 Å². The fraction of sp³-hybridized carbons (Fsp3) is 0.462. The number of hydrogen-bond donors (Lipinski definition) is 3. The second-order valence-electron chi connectivity index (χ2n) is 4.96. The lowest BCUT2D eigenvalue weighted by molar-refractivity contribution is 0.0907. The predicted octanol–water partition coefficient (Wildman–Crippen LogP) is 2.16. The van der Waals surface area contributed by atoms with Crippen LogP contribution in [0.2, 0.25) is 0 Å². The third-order valence-corrected chi connectivity index (χ3v) is 3.29. The van der Waals surface area contributed by atoms with Gasteiger partial charge in [-0.2, -0.15) is 0 Å². The second-order valence-corrected chi connectivity index (χ2v) is 4.96. The van der Waals surface area contributed by atoms with Gasteiger partial charge >= 0.3 is 0 Å². The molecule has 92 valence electrons. The van der Waals surface area contributed by atoms with Crippen LogP contribution in [0.15, 0.2) is 18.2 Å². The molecule has 3 N–H and O–H groups in total. The molecule has 0 unspecified atom stereocenters. The quantitative estimate of drug-likeness (QED) is 0.735. The van der Waals surface area contributed by atoms with Crippen molar-refractivity contribution in [3.8, 4) is 11.5 Å². The summed E-state index contributed by atoms with van der Waals surface area (Å²) in [7, 11) is 0. The molecule has 0 aromatic heterocycles. The SMILES string of the molecule is CC1(NC(=O)c2cc(O)cc(O)c2)CCCC1. The van der Waals surface area contributed by atoms with E-state index in [1.807, 2.05) is 6.92 Å². The molecule has 0 aliphatic heterocycles. The summed E-state index contributed by atoms with van der Waals surface area (Å²) in [4.78, 5) is 12.0. The number of rotatable bonds is 2. The lowest BCUT2D eigenvalue weighted by Gasteiger charge is -2.25. The molecule has 1 aliphatic rings. The fourth-order valence-electron chi connectivity index (χ4n) is 2.35. The molecule has 1 fully saturated rings. The lowest BCUT2D eigenvalue weighted by Crippen LogP contribution is -2.43. The summed E-state index contributed by atoms with van der Waals surface area (Å²) in [6, 6.07) is 3.91. The molecule has 2 rings (SSSR count). The first-order valence-electron chi connectivity index (χ1n) is 5.84. The molecule has 0 heterocycles. The zero-order valence-electron chi connectivity index (χ0n) is 9.86. The summed E-state index contributed by atoms with van der Waals surface area (Å²) < 4.78 is 0. The van der Waals surface area contributed by atoms with Gasteiger partial charge in [0.25, 0.3) is 5.91 Å². The van der Waals surface area contributed by atoms with Gasteiger partial charge in [0, 0.05) is 17.2 Å². The topological polar surface area (TPSA) is 69.6 Å². The number of nitrogens with one attached hydrogen (secondary N) is 1. The van der Waals surface area contributed by atoms with Crippen molar-refractivity contribution in [2.24, 2.45) is 0 Å². The highest BCUT2D eigenvalue weighted by atomic mass is 16.3. The summed E-state index contributed by atoms with van der Waals surface area (Å²) in [5.41, 5.74) is 0.133. The van der Waals surface area contributed by atoms with E-state index in [-0.39, 0.29) is 28.5 Å². The Kier molecular flexibility index (Phi) is 2.96. The molecule has 4 heteroatoms. The Bertz CT molecular complexity index is 416. The average molecular weight is 235 g/mol. The Morgan fingerprint density at radius 3 is 2.24 bits per heavy atom. The van der Waals surface area contributed by atoms with Gasteiger partial charge in [0.05, 0.1) is 0 Å². The number of amides is 1. The van der Waals surface area contributed by atoms with Gasteiger partial charge in [0.2, 0.25) is 0 Å². The van der Waals surface area contributed by atoms with Crippen LogP contribution in [0.4, 0.5) is 0 Å². The van der Waals surface area contributed by atoms with E-state index in [9.17, 15) is 15.0 Å². The zero-order chi connectivity index (χ0) is 12.5. The van der Waals surface area contributed by atoms with E-state index >= 15 is 0 Å². The summed E-state index contributed by atoms with van der Waals surface area (Å²) in [5, 5.41) is 21.6. The minimum atomic E-state index is -0.249. The highest BCUT2D eigenvalue weighted by Gasteiger charge is 2.30. The Balaban J connectivity index is 2.14. The van der Waals surface area contributed by atoms with Crippen LogP contribution < -0.4 is 5.32 Å². The predicted molar refractivity (Wildman–Crippen MR) is 64.1 cm³/mol. The van der Waals surface area contributed by atoms with E-state index in [2.05, 4.69) is 5.32 Å². The Morgan fingerprint density at radius 1 is 1.18 bits per heavy atom. The van der Waals surface area contributed by atoms with Crippen LogP contribution in [-0.4, -0.2) is 21.7 Å². The van der Waals surface area contributed by atoms with E-state index < -0.39 is 0 Å². The molecule has 0 radical (unpaired) electrons. The highest BCUT2D eigenvalue weighted by Crippen LogP contribution is 2.29. The lowest BCUT2D eigenvalue weighted by atomic mass is 10.00. The molecule has 0 atom stereocenters. The number of benzene rings is 1. The molecule has 17 heavy (non-hydrogen) atoms. The molecule has 0 bridgehead atoms. The van der Waals surface area contributed by atoms with E-state index in [1.54, 1.807) is 0 Å². The van der Waals surface area contributed by atoms with Crippen LogP contribution in [0, 0.1) is 0 Å². The van der Waals surface area contributed by atoms with E-state index in [0.29, 0.717) is 0 Å². The van der Waals surface area contributed by atoms with Gasteiger partial charge in [0.15, 0.2) is 0 Å². The van der Waals surface area contributed by atoms with Gasteiger partial charge in [-0.05, 0) is 31.9 Å². The van der Waals surface area contributed by atoms with Crippen molar-refractivity contribution in [3.05, 3.63) is 23.8 Å². The maximum absolute atomic E-state index is 12.0. The van der Waals surface area contributed by atoms with Gasteiger partial charge in [-0.15, -0.1) is 0 Å². The van der Waals surface area contributed by atoms with Gasteiger partial charge in [0.1, 0.15) is 11.5 Å². The van der Waals surface area contributed by atoms with E-state index in [1.165, 1.54) is 18.2 Å². The molecule has 1 saturated carbocycles. The van der Waals surface area contributed by atoms with Crippen molar-refractivity contribution in [1.29, 1.82) is 0 Å². The summed E-state index contributed by atoms with van der Waals surface area (Å²) in [6.45, 7) is 2.03. The number of aromatic hydroxyl groups is 2. The van der Waals surface area contributed by atoms with Gasteiger partial charge in [-0.25, -0.2) is 0 Å². The third-order valence-electron chi connectivity index (χ3n) is 3.29. The number of carbonyl (C=O) groups excluding carboxylic acids is 1. The number of carbonyl (C=O) groups is 1. The normalized spacial score (nSPS) is 17.9. The number of hydrogen-bond acceptors (Lipinski definition) is 3. The van der Waals surface area contributed by atoms with Crippen LogP contribution in [0.1, 0.15) is 43.0 Å². The van der Waals surface area contributed by atoms with Crippen molar-refractivity contribution in [2.45, 2.75) is 38.1 Å². The van der Waals surface area contributed by atoms with Gasteiger partial charge < -0.3 is 15.5 Å². The smallest absolute Gasteiger partial charge is 0.251 e. The molecule has 1 aliphatic carbocycles. The first-order valence-corrected chi connectivity index (χ1v) is 5.84. The molecule has 1 aromatic rings. The first kappa shape index (κ1) is 11.8. The second kappa shape index (κ2) is 4.28. The van der Waals surface area contributed by atoms with Crippen LogP contribution in [0.3, 0.4) is 0 Å². The van der Waals surface area contributed by atoms with Crippen molar-refractivity contribution in [3.63, 3.8) is 0 Å². The van der Waals surface area contributed by atoms with Crippen LogP contribution >= 0.6 is 0 Å². The molecular formula is C13H17NO3. The van der Waals surface area contributed by atoms with Crippen molar-refractivity contribution in [2.75, 3.05) is 0 Å². The summed E-state index contributed by atoms with van der Waals surface area (Å²) >= 11 is 0. The molecular weight excluding hydrogens is 218 g/mol. The Labute approximate surface area is 100 Å². The highest BCUT2D eigenvalue weighted by molar-refractivity contribution is 5.95. The summed E-state index contributed by atoms with van der Waals surface area (Å²) in [5.74, 6) is -0.459. The van der Waals surface area contributed by atoms with Crippen molar-refractivity contribution >= 4 is 5.91 Å². The van der Waals surface area contributed by atoms with Gasteiger partial charge in [-0.3, -0.25) is 4.79 Å². The number of phenols is 2. The minimum Gasteiger partial charge on any atom is -0.508 e. The standard InChI is InChI=1S/C13H17NO3/c1-13(4-2-3-5-13)14-12(17)9-6-10(15)8-11(16)7-9/h6-8,15-16H,2-5H2,1H3,(H,14,17). The largest absolute Gasteiger partial charge is 0.508 e. The van der Waals surface area contributed by atoms with Crippen molar-refractivity contribution in [1.82, 2.24) is 5.32 Å². The number of phenolic OH excluding ortho intramolecular Hbond substituents is 2. The van der Waals surface area contributed by atoms with E-state index in [0.717, 1.165) is 25.7 Å². The maximum Gasteiger partial charge on any atom is 0.251 e. The Hall–Kier alpha value is -1.71. The molecule has 4 nitrogen and oxygen atoms in total. The van der Waals surface area contributed by atoms with Crippen LogP contribution in [0.5, 0.6) is 11.5 Å². The van der Waals surface area contributed by atoms with Crippen molar-refractivity contribution < 1.29 is 15.0 Å². The van der Waals surface area contributed by atoms with E-state index in [4.69, 9.17) is 0 Å². The monoisotopic (exact) mass is 235 g/mol. The zero-order valence-corrected chi connectivity index (χ0v) is 9.86. The van der Waals surface area contributed by atoms with Crippen LogP contribution in [0.25, 0.3) is 0 Å². The summed E-state index contributed by atoms with van der Waals surface area (Å²) in [6.07, 6.45) is 4.21. The molecule has 1 aromatic carbocycles. The first-order chi connectivity index (χ1) is 7.98. The molecule has 1 amide bonds. The Morgan fingerprint density at radius 2 is 1.71 bits per heavy atom. The van der Waals surface area contributed by atoms with Gasteiger partial charge in [-0.1, -0.05) is 12.8 Å². The average Bonchev–Trinajstić information content (AvgIpc) is 2.63. The molecule has 0 saturated heterocycles. The molecule has 0 spiro atoms. The third kappa shape index (κ3) is 2.70. The fourth-order valence-corrected chi connectivity index (χ4v) is 2.35. The maximum atomic E-state index is 12.0. The minimum absolute atomic E-state index is 0.105.